The van der Waals surface area contributed by atoms with Gasteiger partial charge in [-0.2, -0.15) is 10.5 Å². The van der Waals surface area contributed by atoms with E-state index >= 15 is 0 Å². The van der Waals surface area contributed by atoms with Crippen LogP contribution in [0, 0.1) is 17.1 Å². The second-order valence-corrected chi connectivity index (χ2v) is 3.59. The Morgan fingerprint density at radius 1 is 1.56 bits per heavy atom. The smallest absolute Gasteiger partial charge is 0.216 e. The summed E-state index contributed by atoms with van der Waals surface area (Å²) in [6.07, 6.45) is 1.35. The van der Waals surface area contributed by atoms with Gasteiger partial charge in [0.05, 0.1) is 5.02 Å². The van der Waals surface area contributed by atoms with Gasteiger partial charge < -0.3 is 5.32 Å². The Morgan fingerprint density at radius 2 is 2.39 bits per heavy atom. The Labute approximate surface area is 106 Å². The first-order chi connectivity index (χ1) is 8.70. The number of hydrogen-bond donors (Lipinski definition) is 2. The number of allylic oxidation sites excluding steroid dienone is 1. The van der Waals surface area contributed by atoms with Crippen molar-refractivity contribution < 1.29 is 4.39 Å². The van der Waals surface area contributed by atoms with Crippen molar-refractivity contribution >= 4 is 22.9 Å². The number of nitrogens with zero attached hydrogens (tertiary/aromatic N) is 4. The van der Waals surface area contributed by atoms with Gasteiger partial charge in [-0.3, -0.25) is 0 Å². The summed E-state index contributed by atoms with van der Waals surface area (Å²) in [4.78, 5) is 0. The fraction of sp³-hybridized carbons (Fsp3) is 0. The van der Waals surface area contributed by atoms with Gasteiger partial charge in [-0.05, 0) is 23.4 Å². The van der Waals surface area contributed by atoms with Gasteiger partial charge in [0, 0.05) is 11.9 Å². The van der Waals surface area contributed by atoms with Gasteiger partial charge in [0.2, 0.25) is 5.82 Å². The lowest BCUT2D eigenvalue weighted by atomic mass is 10.3. The van der Waals surface area contributed by atoms with Crippen LogP contribution in [0.25, 0.3) is 5.57 Å². The molecular formula is C10H6ClFN6. The van der Waals surface area contributed by atoms with Crippen LogP contribution in [0.15, 0.2) is 24.4 Å². The van der Waals surface area contributed by atoms with E-state index in [2.05, 4.69) is 25.9 Å². The highest BCUT2D eigenvalue weighted by molar-refractivity contribution is 6.30. The number of nitriles is 1. The van der Waals surface area contributed by atoms with Gasteiger partial charge in [-0.1, -0.05) is 11.6 Å². The van der Waals surface area contributed by atoms with Crippen molar-refractivity contribution in [1.82, 2.24) is 20.6 Å². The molecule has 0 saturated carbocycles. The Hall–Kier alpha value is -2.46. The fourth-order valence-electron chi connectivity index (χ4n) is 1.16. The molecule has 0 saturated heterocycles. The maximum Gasteiger partial charge on any atom is 0.216 e. The first-order valence-corrected chi connectivity index (χ1v) is 5.14. The SMILES string of the molecule is N#CC(=CNc1ccc(Cl)c(F)c1)c1nn[nH]n1. The highest BCUT2D eigenvalue weighted by Gasteiger charge is 2.05. The normalized spacial score (nSPS) is 11.1. The topological polar surface area (TPSA) is 90.3 Å². The quantitative estimate of drug-likeness (QED) is 0.827. The molecule has 0 fully saturated rings. The van der Waals surface area contributed by atoms with Crippen LogP contribution in [0.5, 0.6) is 0 Å². The van der Waals surface area contributed by atoms with E-state index in [9.17, 15) is 4.39 Å². The van der Waals surface area contributed by atoms with Crippen molar-refractivity contribution in [3.05, 3.63) is 41.1 Å². The lowest BCUT2D eigenvalue weighted by Gasteiger charge is -2.02. The second kappa shape index (κ2) is 5.25. The van der Waals surface area contributed by atoms with Gasteiger partial charge in [-0.25, -0.2) is 4.39 Å². The van der Waals surface area contributed by atoms with E-state index < -0.39 is 5.82 Å². The van der Waals surface area contributed by atoms with E-state index in [0.29, 0.717) is 5.69 Å². The van der Waals surface area contributed by atoms with Crippen LogP contribution in [0.3, 0.4) is 0 Å². The summed E-state index contributed by atoms with van der Waals surface area (Å²) in [5, 5.41) is 24.6. The van der Waals surface area contributed by atoms with E-state index in [1.165, 1.54) is 18.3 Å². The highest BCUT2D eigenvalue weighted by atomic mass is 35.5. The molecule has 2 aromatic rings. The van der Waals surface area contributed by atoms with Gasteiger partial charge in [-0.15, -0.1) is 10.2 Å². The van der Waals surface area contributed by atoms with Crippen molar-refractivity contribution in [2.75, 3.05) is 5.32 Å². The van der Waals surface area contributed by atoms with E-state index in [0.717, 1.165) is 0 Å². The molecule has 1 aromatic carbocycles. The summed E-state index contributed by atoms with van der Waals surface area (Å²) in [5.74, 6) is -0.396. The first-order valence-electron chi connectivity index (χ1n) is 4.76. The standard InChI is InChI=1S/C10H6ClFN6/c11-8-2-1-7(3-9(8)12)14-5-6(4-13)10-15-17-18-16-10/h1-3,5,14H,(H,15,16,17,18). The molecule has 18 heavy (non-hydrogen) atoms. The zero-order chi connectivity index (χ0) is 13.0. The van der Waals surface area contributed by atoms with Crippen LogP contribution in [0.2, 0.25) is 5.02 Å². The number of halogens is 2. The number of anilines is 1. The Kier molecular flexibility index (Phi) is 3.50. The number of tetrazole rings is 1. The fourth-order valence-corrected chi connectivity index (χ4v) is 1.28. The molecule has 2 N–H and O–H groups in total. The van der Waals surface area contributed by atoms with Crippen molar-refractivity contribution in [2.45, 2.75) is 0 Å². The number of aromatic amines is 1. The Bertz CT molecular complexity index is 616. The molecule has 0 atom stereocenters. The molecule has 2 rings (SSSR count). The summed E-state index contributed by atoms with van der Waals surface area (Å²) in [6.45, 7) is 0. The summed E-state index contributed by atoms with van der Waals surface area (Å²) in [6, 6.07) is 6.09. The zero-order valence-electron chi connectivity index (χ0n) is 8.85. The molecule has 0 radical (unpaired) electrons. The van der Waals surface area contributed by atoms with Crippen LogP contribution in [0.1, 0.15) is 5.82 Å². The lowest BCUT2D eigenvalue weighted by Crippen LogP contribution is -1.93. The molecule has 0 unspecified atom stereocenters. The van der Waals surface area contributed by atoms with Crippen molar-refractivity contribution in [1.29, 1.82) is 5.26 Å². The predicted molar refractivity (Wildman–Crippen MR) is 62.8 cm³/mol. The van der Waals surface area contributed by atoms with E-state index in [1.54, 1.807) is 6.07 Å². The minimum atomic E-state index is -0.548. The molecule has 0 amide bonds. The summed E-state index contributed by atoms with van der Waals surface area (Å²) in [7, 11) is 0. The monoisotopic (exact) mass is 264 g/mol. The minimum Gasteiger partial charge on any atom is -0.360 e. The third-order valence-corrected chi connectivity index (χ3v) is 2.32. The molecular weight excluding hydrogens is 259 g/mol. The molecule has 6 nitrogen and oxygen atoms in total. The zero-order valence-corrected chi connectivity index (χ0v) is 9.61. The van der Waals surface area contributed by atoms with Crippen LogP contribution in [-0.4, -0.2) is 20.6 Å². The summed E-state index contributed by atoms with van der Waals surface area (Å²) < 4.78 is 13.2. The first kappa shape index (κ1) is 12.0. The molecule has 1 heterocycles. The molecule has 90 valence electrons. The van der Waals surface area contributed by atoms with Gasteiger partial charge in [0.1, 0.15) is 17.5 Å². The van der Waals surface area contributed by atoms with Gasteiger partial charge >= 0.3 is 0 Å². The third-order valence-electron chi connectivity index (χ3n) is 2.01. The average molecular weight is 265 g/mol. The van der Waals surface area contributed by atoms with Crippen LogP contribution in [0.4, 0.5) is 10.1 Å². The van der Waals surface area contributed by atoms with Gasteiger partial charge in [0.25, 0.3) is 0 Å². The molecule has 0 aliphatic heterocycles. The molecule has 1 aromatic heterocycles. The van der Waals surface area contributed by atoms with Crippen molar-refractivity contribution in [3.63, 3.8) is 0 Å². The maximum atomic E-state index is 13.2. The number of H-pyrrole nitrogens is 1. The molecule has 0 aliphatic carbocycles. The molecule has 0 bridgehead atoms. The predicted octanol–water partition coefficient (Wildman–Crippen LogP) is 1.97. The van der Waals surface area contributed by atoms with E-state index in [1.807, 2.05) is 6.07 Å². The second-order valence-electron chi connectivity index (χ2n) is 3.18. The van der Waals surface area contributed by atoms with E-state index in [-0.39, 0.29) is 16.4 Å². The number of hydrogen-bond acceptors (Lipinski definition) is 5. The Morgan fingerprint density at radius 3 is 3.00 bits per heavy atom. The van der Waals surface area contributed by atoms with Crippen molar-refractivity contribution in [3.8, 4) is 6.07 Å². The maximum absolute atomic E-state index is 13.2. The number of rotatable bonds is 3. The number of nitrogens with one attached hydrogen (secondary N) is 2. The van der Waals surface area contributed by atoms with Crippen LogP contribution >= 0.6 is 11.6 Å². The molecule has 0 aliphatic rings. The Balaban J connectivity index is 2.19. The number of benzene rings is 1. The average Bonchev–Trinajstić information content (AvgIpc) is 2.88. The lowest BCUT2D eigenvalue weighted by molar-refractivity contribution is 0.629. The third kappa shape index (κ3) is 2.61. The van der Waals surface area contributed by atoms with Crippen LogP contribution < -0.4 is 5.32 Å². The number of aromatic nitrogens is 4. The van der Waals surface area contributed by atoms with Gasteiger partial charge in [0.15, 0.2) is 0 Å². The van der Waals surface area contributed by atoms with Crippen molar-refractivity contribution in [2.24, 2.45) is 0 Å². The van der Waals surface area contributed by atoms with E-state index in [4.69, 9.17) is 16.9 Å². The highest BCUT2D eigenvalue weighted by Crippen LogP contribution is 2.19. The molecule has 0 spiro atoms. The minimum absolute atomic E-state index is 0.0307. The largest absolute Gasteiger partial charge is 0.360 e. The van der Waals surface area contributed by atoms with Crippen LogP contribution in [-0.2, 0) is 0 Å². The molecule has 8 heteroatoms. The summed E-state index contributed by atoms with van der Waals surface area (Å²) >= 11 is 5.55. The summed E-state index contributed by atoms with van der Waals surface area (Å²) in [5.41, 5.74) is 0.618.